The number of rotatable bonds is 7. The molecule has 0 heterocycles. The predicted octanol–water partition coefficient (Wildman–Crippen LogP) is 3.05. The van der Waals surface area contributed by atoms with E-state index >= 15 is 0 Å². The molecule has 0 spiro atoms. The van der Waals surface area contributed by atoms with Gasteiger partial charge in [0.1, 0.15) is 5.75 Å². The van der Waals surface area contributed by atoms with Crippen LogP contribution in [0.2, 0.25) is 0 Å². The molecule has 26 heavy (non-hydrogen) atoms. The van der Waals surface area contributed by atoms with Gasteiger partial charge in [0.05, 0.1) is 11.9 Å². The van der Waals surface area contributed by atoms with Gasteiger partial charge in [0.15, 0.2) is 6.10 Å². The van der Waals surface area contributed by atoms with Gasteiger partial charge in [0, 0.05) is 12.7 Å². The Kier molecular flexibility index (Phi) is 6.26. The summed E-state index contributed by atoms with van der Waals surface area (Å²) in [6.07, 6.45) is 1.26. The standard InChI is InChI=1S/C19H24N2O4S/c1-5-15-8-6-7-9-18(15)20-19(22)14(2)25-17-12-10-16(11-13-17)21(3)26(4,23)24/h6-14H,5H2,1-4H3,(H,20,22)/t14-/m1/s1. The molecule has 140 valence electrons. The van der Waals surface area contributed by atoms with Crippen LogP contribution in [0, 0.1) is 0 Å². The van der Waals surface area contributed by atoms with Gasteiger partial charge in [-0.1, -0.05) is 25.1 Å². The number of hydrogen-bond acceptors (Lipinski definition) is 4. The van der Waals surface area contributed by atoms with Crippen LogP contribution in [0.15, 0.2) is 48.5 Å². The summed E-state index contributed by atoms with van der Waals surface area (Å²) in [7, 11) is -1.84. The first-order valence-corrected chi connectivity index (χ1v) is 10.2. The summed E-state index contributed by atoms with van der Waals surface area (Å²) in [6.45, 7) is 3.69. The van der Waals surface area contributed by atoms with E-state index in [4.69, 9.17) is 4.74 Å². The smallest absolute Gasteiger partial charge is 0.265 e. The SMILES string of the molecule is CCc1ccccc1NC(=O)[C@@H](C)Oc1ccc(N(C)S(C)(=O)=O)cc1. The summed E-state index contributed by atoms with van der Waals surface area (Å²) >= 11 is 0. The van der Waals surface area contributed by atoms with Crippen LogP contribution in [0.5, 0.6) is 5.75 Å². The van der Waals surface area contributed by atoms with E-state index in [9.17, 15) is 13.2 Å². The molecule has 6 nitrogen and oxygen atoms in total. The lowest BCUT2D eigenvalue weighted by atomic mass is 10.1. The first-order valence-electron chi connectivity index (χ1n) is 8.31. The molecule has 0 bridgehead atoms. The van der Waals surface area contributed by atoms with Crippen LogP contribution in [-0.2, 0) is 21.2 Å². The fourth-order valence-electron chi connectivity index (χ4n) is 2.37. The summed E-state index contributed by atoms with van der Waals surface area (Å²) in [5.41, 5.74) is 2.36. The number of ether oxygens (including phenoxy) is 1. The van der Waals surface area contributed by atoms with E-state index < -0.39 is 16.1 Å². The van der Waals surface area contributed by atoms with Crippen LogP contribution in [0.25, 0.3) is 0 Å². The molecule has 2 aromatic carbocycles. The third-order valence-electron chi connectivity index (χ3n) is 4.04. The van der Waals surface area contributed by atoms with Crippen molar-refractivity contribution < 1.29 is 17.9 Å². The van der Waals surface area contributed by atoms with Crippen molar-refractivity contribution in [1.29, 1.82) is 0 Å². The fourth-order valence-corrected chi connectivity index (χ4v) is 2.87. The number of benzene rings is 2. The summed E-state index contributed by atoms with van der Waals surface area (Å²) in [4.78, 5) is 12.4. The Labute approximate surface area is 154 Å². The summed E-state index contributed by atoms with van der Waals surface area (Å²) in [5.74, 6) is 0.241. The number of aryl methyl sites for hydroxylation is 1. The Bertz CT molecular complexity index is 863. The van der Waals surface area contributed by atoms with Crippen molar-refractivity contribution in [2.24, 2.45) is 0 Å². The van der Waals surface area contributed by atoms with Gasteiger partial charge in [-0.15, -0.1) is 0 Å². The lowest BCUT2D eigenvalue weighted by Gasteiger charge is -2.18. The number of sulfonamides is 1. The van der Waals surface area contributed by atoms with Gasteiger partial charge in [-0.3, -0.25) is 9.10 Å². The van der Waals surface area contributed by atoms with Crippen molar-refractivity contribution in [3.8, 4) is 5.75 Å². The van der Waals surface area contributed by atoms with E-state index in [1.807, 2.05) is 31.2 Å². The Morgan fingerprint density at radius 3 is 2.35 bits per heavy atom. The van der Waals surface area contributed by atoms with Crippen molar-refractivity contribution in [1.82, 2.24) is 0 Å². The van der Waals surface area contributed by atoms with Gasteiger partial charge < -0.3 is 10.1 Å². The van der Waals surface area contributed by atoms with Crippen molar-refractivity contribution >= 4 is 27.3 Å². The molecule has 0 radical (unpaired) electrons. The maximum absolute atomic E-state index is 12.4. The lowest BCUT2D eigenvalue weighted by Crippen LogP contribution is -2.30. The van der Waals surface area contributed by atoms with E-state index in [1.54, 1.807) is 31.2 Å². The molecule has 0 unspecified atom stereocenters. The second-order valence-corrected chi connectivity index (χ2v) is 8.00. The Balaban J connectivity index is 2.03. The van der Waals surface area contributed by atoms with Crippen molar-refractivity contribution in [2.75, 3.05) is 22.9 Å². The highest BCUT2D eigenvalue weighted by Gasteiger charge is 2.17. The molecule has 7 heteroatoms. The van der Waals surface area contributed by atoms with Crippen LogP contribution < -0.4 is 14.4 Å². The topological polar surface area (TPSA) is 75.7 Å². The molecule has 1 atom stereocenters. The summed E-state index contributed by atoms with van der Waals surface area (Å²) in [6, 6.07) is 14.2. The quantitative estimate of drug-likeness (QED) is 0.806. The van der Waals surface area contributed by atoms with Crippen LogP contribution in [-0.4, -0.2) is 33.7 Å². The maximum Gasteiger partial charge on any atom is 0.265 e. The van der Waals surface area contributed by atoms with Gasteiger partial charge in [0.2, 0.25) is 10.0 Å². The van der Waals surface area contributed by atoms with Crippen LogP contribution in [0.1, 0.15) is 19.4 Å². The molecule has 0 aliphatic heterocycles. The normalized spacial score (nSPS) is 12.3. The minimum Gasteiger partial charge on any atom is -0.481 e. The third kappa shape index (κ3) is 4.98. The van der Waals surface area contributed by atoms with Crippen molar-refractivity contribution in [3.63, 3.8) is 0 Å². The molecular weight excluding hydrogens is 352 g/mol. The van der Waals surface area contributed by atoms with Gasteiger partial charge in [0.25, 0.3) is 5.91 Å². The molecule has 0 aliphatic rings. The van der Waals surface area contributed by atoms with E-state index in [0.717, 1.165) is 23.9 Å². The van der Waals surface area contributed by atoms with E-state index in [1.165, 1.54) is 11.4 Å². The minimum absolute atomic E-state index is 0.247. The number of amides is 1. The number of para-hydroxylation sites is 1. The van der Waals surface area contributed by atoms with Gasteiger partial charge in [-0.2, -0.15) is 0 Å². The Morgan fingerprint density at radius 1 is 1.15 bits per heavy atom. The molecule has 1 N–H and O–H groups in total. The number of anilines is 2. The molecule has 1 amide bonds. The average molecular weight is 376 g/mol. The maximum atomic E-state index is 12.4. The van der Waals surface area contributed by atoms with Gasteiger partial charge >= 0.3 is 0 Å². The van der Waals surface area contributed by atoms with Crippen LogP contribution in [0.4, 0.5) is 11.4 Å². The summed E-state index contributed by atoms with van der Waals surface area (Å²) < 4.78 is 29.9. The zero-order valence-corrected chi connectivity index (χ0v) is 16.2. The average Bonchev–Trinajstić information content (AvgIpc) is 2.61. The molecular formula is C19H24N2O4S. The first kappa shape index (κ1) is 19.8. The second kappa shape index (κ2) is 8.23. The molecule has 2 rings (SSSR count). The fraction of sp³-hybridized carbons (Fsp3) is 0.316. The number of nitrogens with one attached hydrogen (secondary N) is 1. The van der Waals surface area contributed by atoms with Crippen LogP contribution >= 0.6 is 0 Å². The van der Waals surface area contributed by atoms with Crippen molar-refractivity contribution in [3.05, 3.63) is 54.1 Å². The molecule has 2 aromatic rings. The zero-order chi connectivity index (χ0) is 19.3. The van der Waals surface area contributed by atoms with E-state index in [0.29, 0.717) is 11.4 Å². The lowest BCUT2D eigenvalue weighted by molar-refractivity contribution is -0.122. The molecule has 0 aromatic heterocycles. The molecule has 0 aliphatic carbocycles. The van der Waals surface area contributed by atoms with E-state index in [2.05, 4.69) is 5.32 Å². The Hall–Kier alpha value is -2.54. The number of carbonyl (C=O) groups excluding carboxylic acids is 1. The molecule has 0 saturated heterocycles. The van der Waals surface area contributed by atoms with Crippen molar-refractivity contribution in [2.45, 2.75) is 26.4 Å². The van der Waals surface area contributed by atoms with Crippen LogP contribution in [0.3, 0.4) is 0 Å². The minimum atomic E-state index is -3.32. The number of hydrogen-bond donors (Lipinski definition) is 1. The highest BCUT2D eigenvalue weighted by atomic mass is 32.2. The highest BCUT2D eigenvalue weighted by molar-refractivity contribution is 7.92. The monoisotopic (exact) mass is 376 g/mol. The highest BCUT2D eigenvalue weighted by Crippen LogP contribution is 2.21. The van der Waals surface area contributed by atoms with E-state index in [-0.39, 0.29) is 5.91 Å². The largest absolute Gasteiger partial charge is 0.481 e. The molecule has 0 fully saturated rings. The third-order valence-corrected chi connectivity index (χ3v) is 5.24. The second-order valence-electron chi connectivity index (χ2n) is 5.98. The predicted molar refractivity (Wildman–Crippen MR) is 104 cm³/mol. The molecule has 0 saturated carbocycles. The number of carbonyl (C=O) groups is 1. The summed E-state index contributed by atoms with van der Waals surface area (Å²) in [5, 5.41) is 2.88. The zero-order valence-electron chi connectivity index (χ0n) is 15.4. The first-order chi connectivity index (χ1) is 12.2. The number of nitrogens with zero attached hydrogens (tertiary/aromatic N) is 1. The Morgan fingerprint density at radius 2 is 1.77 bits per heavy atom. The van der Waals surface area contributed by atoms with Gasteiger partial charge in [-0.05, 0) is 49.2 Å². The van der Waals surface area contributed by atoms with Gasteiger partial charge in [-0.25, -0.2) is 8.42 Å².